The second-order valence-corrected chi connectivity index (χ2v) is 10.9. The Hall–Kier alpha value is -3.03. The molecule has 0 bridgehead atoms. The fourth-order valence-electron chi connectivity index (χ4n) is 3.77. The van der Waals surface area contributed by atoms with Gasteiger partial charge >= 0.3 is 5.97 Å². The molecule has 3 aliphatic rings. The first-order chi connectivity index (χ1) is 14.9. The zero-order valence-electron chi connectivity index (χ0n) is 17.0. The minimum absolute atomic E-state index is 0.0337. The highest BCUT2D eigenvalue weighted by Gasteiger charge is 2.33. The van der Waals surface area contributed by atoms with E-state index in [2.05, 4.69) is 4.40 Å². The van der Waals surface area contributed by atoms with Gasteiger partial charge in [0.1, 0.15) is 5.84 Å². The molecule has 1 aromatic rings. The van der Waals surface area contributed by atoms with Crippen molar-refractivity contribution in [3.63, 3.8) is 0 Å². The Labute approximate surface area is 184 Å². The summed E-state index contributed by atoms with van der Waals surface area (Å²) in [7, 11) is -7.36. The number of esters is 1. The molecule has 170 valence electrons. The Bertz CT molecular complexity index is 1310. The predicted octanol–water partition coefficient (Wildman–Crippen LogP) is -0.348. The summed E-state index contributed by atoms with van der Waals surface area (Å²) in [5.74, 6) is -1.15. The Morgan fingerprint density at radius 2 is 2.03 bits per heavy atom. The molecule has 0 fully saturated rings. The summed E-state index contributed by atoms with van der Waals surface area (Å²) in [6, 6.07) is 4.02. The molecule has 0 spiro atoms. The third kappa shape index (κ3) is 4.31. The molecule has 13 heteroatoms. The zero-order chi connectivity index (χ0) is 23.3. The van der Waals surface area contributed by atoms with E-state index in [1.165, 1.54) is 46.4 Å². The highest BCUT2D eigenvalue weighted by atomic mass is 32.2. The molecule has 1 amide bonds. The van der Waals surface area contributed by atoms with E-state index in [1.807, 2.05) is 0 Å². The van der Waals surface area contributed by atoms with Crippen LogP contribution in [0.5, 0.6) is 0 Å². The van der Waals surface area contributed by atoms with Gasteiger partial charge in [0, 0.05) is 24.5 Å². The van der Waals surface area contributed by atoms with E-state index in [0.29, 0.717) is 17.7 Å². The summed E-state index contributed by atoms with van der Waals surface area (Å²) in [5, 5.41) is 5.17. The summed E-state index contributed by atoms with van der Waals surface area (Å²) in [5.41, 5.74) is 1.36. The standard InChI is InChI=1S/C19H20N4O7S2/c1-12-8-14-9-15(32(20,28)29)3-4-16(14)23(12)18(24)11-30-19(25)13-2-5-17-21-31(26,27)7-6-22(17)10-13/h2-5,9-10,12H,6-8,11H2,1H3,(H2,20,28,29). The number of amidine groups is 1. The zero-order valence-corrected chi connectivity index (χ0v) is 18.6. The Kier molecular flexibility index (Phi) is 5.43. The van der Waals surface area contributed by atoms with Gasteiger partial charge in [-0.1, -0.05) is 0 Å². The Morgan fingerprint density at radius 1 is 1.28 bits per heavy atom. The maximum Gasteiger partial charge on any atom is 0.340 e. The number of nitrogens with two attached hydrogens (primary N) is 1. The van der Waals surface area contributed by atoms with Crippen molar-refractivity contribution < 1.29 is 31.2 Å². The highest BCUT2D eigenvalue weighted by Crippen LogP contribution is 2.33. The van der Waals surface area contributed by atoms with Crippen LogP contribution in [0.1, 0.15) is 12.5 Å². The largest absolute Gasteiger partial charge is 0.452 e. The molecule has 0 radical (unpaired) electrons. The van der Waals surface area contributed by atoms with E-state index in [1.54, 1.807) is 6.92 Å². The van der Waals surface area contributed by atoms with Gasteiger partial charge in [0.2, 0.25) is 10.0 Å². The van der Waals surface area contributed by atoms with Crippen LogP contribution in [0.3, 0.4) is 0 Å². The quantitative estimate of drug-likeness (QED) is 0.573. The summed E-state index contributed by atoms with van der Waals surface area (Å²) < 4.78 is 55.1. The van der Waals surface area contributed by atoms with Gasteiger partial charge in [0.05, 0.1) is 16.2 Å². The van der Waals surface area contributed by atoms with E-state index in [-0.39, 0.29) is 34.6 Å². The lowest BCUT2D eigenvalue weighted by Gasteiger charge is -2.27. The first-order valence-electron chi connectivity index (χ1n) is 9.59. The first kappa shape index (κ1) is 22.2. The lowest BCUT2D eigenvalue weighted by atomic mass is 10.1. The van der Waals surface area contributed by atoms with Crippen molar-refractivity contribution in [2.24, 2.45) is 9.54 Å². The van der Waals surface area contributed by atoms with Crippen LogP contribution in [0.2, 0.25) is 0 Å². The molecular weight excluding hydrogens is 460 g/mol. The summed E-state index contributed by atoms with van der Waals surface area (Å²) in [6.07, 6.45) is 4.65. The van der Waals surface area contributed by atoms with Crippen molar-refractivity contribution in [1.29, 1.82) is 0 Å². The van der Waals surface area contributed by atoms with Gasteiger partial charge in [0.15, 0.2) is 6.61 Å². The van der Waals surface area contributed by atoms with Gasteiger partial charge in [-0.3, -0.25) is 4.79 Å². The Morgan fingerprint density at radius 3 is 2.75 bits per heavy atom. The van der Waals surface area contributed by atoms with Crippen LogP contribution in [0.25, 0.3) is 0 Å². The predicted molar refractivity (Wildman–Crippen MR) is 115 cm³/mol. The molecule has 4 rings (SSSR count). The van der Waals surface area contributed by atoms with Crippen molar-refractivity contribution in [1.82, 2.24) is 4.90 Å². The van der Waals surface area contributed by atoms with E-state index < -0.39 is 38.5 Å². The number of fused-ring (bicyclic) bond motifs is 2. The fourth-order valence-corrected chi connectivity index (χ4v) is 5.30. The molecule has 2 N–H and O–H groups in total. The van der Waals surface area contributed by atoms with Crippen molar-refractivity contribution in [3.05, 3.63) is 47.7 Å². The third-order valence-electron chi connectivity index (χ3n) is 5.25. The summed E-state index contributed by atoms with van der Waals surface area (Å²) in [4.78, 5) is 28.1. The molecule has 11 nitrogen and oxygen atoms in total. The minimum Gasteiger partial charge on any atom is -0.452 e. The number of rotatable bonds is 4. The number of benzene rings is 1. The number of sulfonamides is 2. The van der Waals surface area contributed by atoms with Crippen LogP contribution in [0.15, 0.2) is 51.4 Å². The number of hydrogen-bond donors (Lipinski definition) is 1. The number of nitrogens with zero attached hydrogens (tertiary/aromatic N) is 3. The molecule has 0 aliphatic carbocycles. The molecule has 1 aromatic carbocycles. The van der Waals surface area contributed by atoms with Crippen molar-refractivity contribution in [3.8, 4) is 0 Å². The van der Waals surface area contributed by atoms with Gasteiger partial charge in [0.25, 0.3) is 15.9 Å². The SMILES string of the molecule is CC1Cc2cc(S(N)(=O)=O)ccc2N1C(=O)COC(=O)C1=CN2CCS(=O)(=O)N=C2C=C1. The number of carbonyl (C=O) groups excluding carboxylic acids is 2. The lowest BCUT2D eigenvalue weighted by Crippen LogP contribution is -2.39. The van der Waals surface area contributed by atoms with Crippen molar-refractivity contribution >= 4 is 43.4 Å². The smallest absolute Gasteiger partial charge is 0.340 e. The van der Waals surface area contributed by atoms with Crippen molar-refractivity contribution in [2.75, 3.05) is 23.8 Å². The maximum atomic E-state index is 12.8. The van der Waals surface area contributed by atoms with Crippen LogP contribution in [0, 0.1) is 0 Å². The second kappa shape index (κ2) is 7.83. The molecule has 32 heavy (non-hydrogen) atoms. The number of ether oxygens (including phenoxy) is 1. The topological polar surface area (TPSA) is 157 Å². The van der Waals surface area contributed by atoms with E-state index >= 15 is 0 Å². The van der Waals surface area contributed by atoms with Crippen LogP contribution < -0.4 is 10.0 Å². The maximum absolute atomic E-state index is 12.8. The average Bonchev–Trinajstić information content (AvgIpc) is 3.05. The number of hydrogen-bond acceptors (Lipinski definition) is 8. The molecule has 3 aliphatic heterocycles. The number of carbonyl (C=O) groups is 2. The fraction of sp³-hybridized carbons (Fsp3) is 0.316. The second-order valence-electron chi connectivity index (χ2n) is 7.58. The van der Waals surface area contributed by atoms with Gasteiger partial charge < -0.3 is 14.5 Å². The number of primary sulfonamides is 1. The van der Waals surface area contributed by atoms with Crippen LogP contribution in [-0.2, 0) is 40.8 Å². The van der Waals surface area contributed by atoms with Crippen LogP contribution in [-0.4, -0.2) is 64.4 Å². The first-order valence-corrected chi connectivity index (χ1v) is 12.7. The highest BCUT2D eigenvalue weighted by molar-refractivity contribution is 7.90. The van der Waals surface area contributed by atoms with E-state index in [4.69, 9.17) is 9.88 Å². The molecule has 1 atom stereocenters. The number of amides is 1. The number of anilines is 1. The van der Waals surface area contributed by atoms with Crippen LogP contribution in [0.4, 0.5) is 5.69 Å². The van der Waals surface area contributed by atoms with Gasteiger partial charge in [-0.05, 0) is 49.3 Å². The lowest BCUT2D eigenvalue weighted by molar-refractivity contribution is -0.143. The average molecular weight is 481 g/mol. The molecule has 0 saturated heterocycles. The molecule has 0 saturated carbocycles. The minimum atomic E-state index is -3.86. The normalized spacial score (nSPS) is 21.4. The Balaban J connectivity index is 1.43. The molecule has 0 aromatic heterocycles. The van der Waals surface area contributed by atoms with Gasteiger partial charge in [-0.25, -0.2) is 26.8 Å². The summed E-state index contributed by atoms with van der Waals surface area (Å²) in [6.45, 7) is 1.44. The molecule has 3 heterocycles. The third-order valence-corrected chi connectivity index (χ3v) is 7.32. The monoisotopic (exact) mass is 480 g/mol. The summed E-state index contributed by atoms with van der Waals surface area (Å²) >= 11 is 0. The van der Waals surface area contributed by atoms with Gasteiger partial charge in [-0.2, -0.15) is 0 Å². The van der Waals surface area contributed by atoms with E-state index in [9.17, 15) is 26.4 Å². The van der Waals surface area contributed by atoms with Crippen LogP contribution >= 0.6 is 0 Å². The molecular formula is C19H20N4O7S2. The van der Waals surface area contributed by atoms with E-state index in [0.717, 1.165) is 0 Å². The molecule has 1 unspecified atom stereocenters. The van der Waals surface area contributed by atoms with Crippen molar-refractivity contribution in [2.45, 2.75) is 24.3 Å². The van der Waals surface area contributed by atoms with Gasteiger partial charge in [-0.15, -0.1) is 4.40 Å².